The lowest BCUT2D eigenvalue weighted by molar-refractivity contribution is -0.382. The Hall–Kier alpha value is -7.84. The van der Waals surface area contributed by atoms with Crippen molar-refractivity contribution in [2.45, 2.75) is 127 Å². The standard InChI is InChI=1S/C63H71FN4O13/c1-44(58(69)67-45(2)61(72)79-41-50-31-17-7-18-32-50)66-59(70)52(68-62(73)80-42-51-33-19-8-20-34-51)35-21-22-36-65-60(71)56(64)63(74)57(78-40-49-29-15-6-16-30-49)55(77-39-48-27-13-5-14-28-48)54(76-38-47-25-11-4-12-26-47)53(81-63)43-75-37-46-23-9-3-10-24-46/h3-20,23-34,44-45,52-57,74H,21-22,35-43H2,1-2H3,(H,65,71)(H,66,70)(H,67,69)(H,68,73)/t44-,45-,52-,53+,54-,55-,56-,57+,63-/m0/s1. The maximum absolute atomic E-state index is 17.4. The van der Waals surface area contributed by atoms with Gasteiger partial charge in [-0.2, -0.15) is 0 Å². The molecular formula is C63H71FN4O13. The molecule has 0 aliphatic carbocycles. The number of unbranched alkanes of at least 4 members (excludes halogenated alkanes) is 1. The smallest absolute Gasteiger partial charge is 0.408 e. The van der Waals surface area contributed by atoms with Gasteiger partial charge in [-0.25, -0.2) is 14.0 Å². The molecule has 1 aliphatic rings. The largest absolute Gasteiger partial charge is 0.459 e. The number of esters is 1. The SMILES string of the molecule is C[C@H](NC(=O)[C@H](CCCCNC(=O)[C@H](F)[C@]1(O)O[C@H](COCc2ccccc2)[C@H](OCc2ccccc2)[C@H](OCc2ccccc2)[C@H]1OCc1ccccc1)NC(=O)OCc1ccccc1)C(=O)N[C@@H](C)C(=O)OCc1ccccc1. The lowest BCUT2D eigenvalue weighted by atomic mass is 9.88. The third-order valence-electron chi connectivity index (χ3n) is 13.3. The van der Waals surface area contributed by atoms with Crippen molar-refractivity contribution in [3.8, 4) is 0 Å². The number of carbonyl (C=O) groups excluding carboxylic acids is 5. The summed E-state index contributed by atoms with van der Waals surface area (Å²) < 4.78 is 60.5. The lowest BCUT2D eigenvalue weighted by Crippen LogP contribution is -2.71. The number of amides is 4. The number of alkyl halides is 1. The Morgan fingerprint density at radius 1 is 0.519 bits per heavy atom. The van der Waals surface area contributed by atoms with Gasteiger partial charge in [0.1, 0.15) is 55.8 Å². The molecule has 5 N–H and O–H groups in total. The first-order valence-corrected chi connectivity index (χ1v) is 27.0. The summed E-state index contributed by atoms with van der Waals surface area (Å²) >= 11 is 0. The molecule has 1 fully saturated rings. The van der Waals surface area contributed by atoms with Crippen LogP contribution in [-0.2, 0) is 92.0 Å². The zero-order valence-corrected chi connectivity index (χ0v) is 45.4. The van der Waals surface area contributed by atoms with E-state index < -0.39 is 84.3 Å². The lowest BCUT2D eigenvalue weighted by Gasteiger charge is -2.50. The molecule has 1 aliphatic heterocycles. The molecule has 0 radical (unpaired) electrons. The predicted octanol–water partition coefficient (Wildman–Crippen LogP) is 7.72. The molecule has 0 saturated carbocycles. The normalized spacial score (nSPS) is 19.2. The molecule has 7 rings (SSSR count). The third kappa shape index (κ3) is 19.2. The number of ether oxygens (including phenoxy) is 7. The second-order valence-corrected chi connectivity index (χ2v) is 19.6. The fourth-order valence-corrected chi connectivity index (χ4v) is 8.86. The van der Waals surface area contributed by atoms with Crippen molar-refractivity contribution < 1.29 is 66.6 Å². The molecule has 81 heavy (non-hydrogen) atoms. The summed E-state index contributed by atoms with van der Waals surface area (Å²) in [7, 11) is 0. The number of carbonyl (C=O) groups is 5. The van der Waals surface area contributed by atoms with E-state index in [1.54, 1.807) is 60.7 Å². The fraction of sp³-hybridized carbons (Fsp3) is 0.349. The highest BCUT2D eigenvalue weighted by Gasteiger charge is 2.62. The number of rotatable bonds is 30. The Balaban J connectivity index is 1.04. The first kappa shape index (κ1) is 60.8. The van der Waals surface area contributed by atoms with E-state index in [1.165, 1.54) is 13.8 Å². The van der Waals surface area contributed by atoms with Crippen molar-refractivity contribution in [3.05, 3.63) is 215 Å². The topological polar surface area (TPSA) is 218 Å². The Kier molecular flexibility index (Phi) is 23.9. The number of nitrogens with one attached hydrogen (secondary N) is 4. The van der Waals surface area contributed by atoms with E-state index in [0.29, 0.717) is 11.1 Å². The van der Waals surface area contributed by atoms with E-state index in [-0.39, 0.29) is 72.1 Å². The van der Waals surface area contributed by atoms with Gasteiger partial charge in [0.15, 0.2) is 0 Å². The number of alkyl carbamates (subject to hydrolysis) is 1. The number of aliphatic hydroxyl groups is 1. The van der Waals surface area contributed by atoms with Crippen LogP contribution in [0.1, 0.15) is 66.5 Å². The van der Waals surface area contributed by atoms with Crippen molar-refractivity contribution in [1.82, 2.24) is 21.3 Å². The van der Waals surface area contributed by atoms with E-state index >= 15 is 4.39 Å². The molecule has 428 valence electrons. The average Bonchev–Trinajstić information content (AvgIpc) is 3.49. The van der Waals surface area contributed by atoms with Crippen LogP contribution in [0, 0.1) is 0 Å². The van der Waals surface area contributed by atoms with Gasteiger partial charge < -0.3 is 59.5 Å². The van der Waals surface area contributed by atoms with Gasteiger partial charge in [-0.15, -0.1) is 0 Å². The Labute approximate surface area is 471 Å². The van der Waals surface area contributed by atoms with E-state index in [2.05, 4.69) is 21.3 Å². The maximum atomic E-state index is 17.4. The molecule has 0 bridgehead atoms. The highest BCUT2D eigenvalue weighted by molar-refractivity contribution is 5.92. The zero-order chi connectivity index (χ0) is 57.2. The Morgan fingerprint density at radius 3 is 1.46 bits per heavy atom. The molecule has 6 aromatic rings. The summed E-state index contributed by atoms with van der Waals surface area (Å²) in [5.74, 6) is -6.32. The van der Waals surface area contributed by atoms with Gasteiger partial charge in [0.2, 0.25) is 23.8 Å². The van der Waals surface area contributed by atoms with Gasteiger partial charge in [-0.3, -0.25) is 14.4 Å². The summed E-state index contributed by atoms with van der Waals surface area (Å²) in [6.45, 7) is 2.50. The van der Waals surface area contributed by atoms with Gasteiger partial charge in [-0.05, 0) is 66.5 Å². The van der Waals surface area contributed by atoms with E-state index in [1.807, 2.05) is 121 Å². The minimum absolute atomic E-state index is 0.00287. The molecule has 1 saturated heterocycles. The van der Waals surface area contributed by atoms with Crippen molar-refractivity contribution in [2.24, 2.45) is 0 Å². The van der Waals surface area contributed by atoms with Crippen molar-refractivity contribution in [3.63, 3.8) is 0 Å². The number of halogens is 1. The molecule has 18 heteroatoms. The average molecular weight is 1110 g/mol. The predicted molar refractivity (Wildman–Crippen MR) is 298 cm³/mol. The maximum Gasteiger partial charge on any atom is 0.408 e. The quantitative estimate of drug-likeness (QED) is 0.0216. The Morgan fingerprint density at radius 2 is 0.951 bits per heavy atom. The molecule has 4 amide bonds. The summed E-state index contributed by atoms with van der Waals surface area (Å²) in [6, 6.07) is 51.6. The van der Waals surface area contributed by atoms with Crippen LogP contribution in [-0.4, -0.2) is 103 Å². The summed E-state index contributed by atoms with van der Waals surface area (Å²) in [5.41, 5.74) is 4.59. The van der Waals surface area contributed by atoms with E-state index in [9.17, 15) is 29.1 Å². The van der Waals surface area contributed by atoms with Gasteiger partial charge >= 0.3 is 12.1 Å². The fourth-order valence-electron chi connectivity index (χ4n) is 8.86. The Bertz CT molecular complexity index is 2850. The molecule has 17 nitrogen and oxygen atoms in total. The molecule has 0 unspecified atom stereocenters. The van der Waals surface area contributed by atoms with Crippen LogP contribution in [0.15, 0.2) is 182 Å². The third-order valence-corrected chi connectivity index (χ3v) is 13.3. The molecule has 0 aromatic heterocycles. The first-order valence-electron chi connectivity index (χ1n) is 27.0. The van der Waals surface area contributed by atoms with Crippen LogP contribution in [0.3, 0.4) is 0 Å². The van der Waals surface area contributed by atoms with E-state index in [4.69, 9.17) is 33.2 Å². The van der Waals surface area contributed by atoms with Crippen LogP contribution in [0.25, 0.3) is 0 Å². The summed E-state index contributed by atoms with van der Waals surface area (Å²) in [4.78, 5) is 66.9. The number of hydrogen-bond acceptors (Lipinski definition) is 13. The monoisotopic (exact) mass is 1110 g/mol. The van der Waals surface area contributed by atoms with Crippen LogP contribution >= 0.6 is 0 Å². The highest BCUT2D eigenvalue weighted by atomic mass is 19.1. The van der Waals surface area contributed by atoms with Crippen LogP contribution in [0.4, 0.5) is 9.18 Å². The van der Waals surface area contributed by atoms with Crippen molar-refractivity contribution in [1.29, 1.82) is 0 Å². The van der Waals surface area contributed by atoms with Crippen LogP contribution in [0.2, 0.25) is 0 Å². The van der Waals surface area contributed by atoms with Gasteiger partial charge in [0.25, 0.3) is 5.91 Å². The second-order valence-electron chi connectivity index (χ2n) is 19.6. The van der Waals surface area contributed by atoms with Crippen LogP contribution in [0.5, 0.6) is 0 Å². The zero-order valence-electron chi connectivity index (χ0n) is 45.4. The van der Waals surface area contributed by atoms with Gasteiger partial charge in [-0.1, -0.05) is 182 Å². The van der Waals surface area contributed by atoms with Gasteiger partial charge in [0.05, 0.1) is 33.0 Å². The minimum Gasteiger partial charge on any atom is -0.459 e. The van der Waals surface area contributed by atoms with Crippen molar-refractivity contribution in [2.75, 3.05) is 13.2 Å². The van der Waals surface area contributed by atoms with E-state index in [0.717, 1.165) is 22.3 Å². The molecule has 6 aromatic carbocycles. The number of benzene rings is 6. The summed E-state index contributed by atoms with van der Waals surface area (Å²) in [5, 5.41) is 23.0. The van der Waals surface area contributed by atoms with Gasteiger partial charge in [0, 0.05) is 6.54 Å². The molecule has 1 heterocycles. The van der Waals surface area contributed by atoms with Crippen molar-refractivity contribution >= 4 is 29.8 Å². The summed E-state index contributed by atoms with van der Waals surface area (Å²) in [6.07, 6.45) is -8.52. The van der Waals surface area contributed by atoms with Crippen LogP contribution < -0.4 is 21.3 Å². The molecule has 9 atom stereocenters. The minimum atomic E-state index is -2.98. The first-order chi connectivity index (χ1) is 39.4. The molecular weight excluding hydrogens is 1040 g/mol. The highest BCUT2D eigenvalue weighted by Crippen LogP contribution is 2.39. The number of hydrogen-bond donors (Lipinski definition) is 5. The molecule has 0 spiro atoms. The second kappa shape index (κ2) is 31.8.